The molecule has 0 spiro atoms. The molecule has 3 rings (SSSR count). The highest BCUT2D eigenvalue weighted by atomic mass is 32.2. The zero-order valence-corrected chi connectivity index (χ0v) is 18.6. The number of sulfonamides is 1. The van der Waals surface area contributed by atoms with Crippen molar-refractivity contribution >= 4 is 21.9 Å². The van der Waals surface area contributed by atoms with E-state index in [9.17, 15) is 22.4 Å². The first kappa shape index (κ1) is 24.1. The van der Waals surface area contributed by atoms with E-state index < -0.39 is 39.9 Å². The summed E-state index contributed by atoms with van der Waals surface area (Å²) in [7, 11) is -2.69. The van der Waals surface area contributed by atoms with Gasteiger partial charge in [-0.25, -0.2) is 22.3 Å². The Morgan fingerprint density at radius 1 is 0.970 bits per heavy atom. The van der Waals surface area contributed by atoms with Gasteiger partial charge in [0.15, 0.2) is 6.61 Å². The van der Waals surface area contributed by atoms with Crippen molar-refractivity contribution in [2.75, 3.05) is 13.7 Å². The molecule has 0 saturated heterocycles. The van der Waals surface area contributed by atoms with E-state index in [-0.39, 0.29) is 10.9 Å². The molecule has 0 radical (unpaired) electrons. The molecule has 33 heavy (non-hydrogen) atoms. The predicted molar refractivity (Wildman–Crippen MR) is 120 cm³/mol. The Labute approximate surface area is 191 Å². The van der Waals surface area contributed by atoms with Crippen LogP contribution in [-0.2, 0) is 26.0 Å². The van der Waals surface area contributed by atoms with Crippen LogP contribution in [0.2, 0.25) is 0 Å². The van der Waals surface area contributed by atoms with E-state index >= 15 is 0 Å². The van der Waals surface area contributed by atoms with Crippen molar-refractivity contribution in [2.45, 2.75) is 17.4 Å². The number of carbonyl (C=O) groups excluding carboxylic acids is 2. The summed E-state index contributed by atoms with van der Waals surface area (Å²) < 4.78 is 44.9. The zero-order valence-electron chi connectivity index (χ0n) is 17.8. The molecular weight excluding hydrogens is 447 g/mol. The maximum Gasteiger partial charge on any atom is 0.341 e. The van der Waals surface area contributed by atoms with E-state index in [1.54, 1.807) is 0 Å². The van der Waals surface area contributed by atoms with Crippen LogP contribution in [0.4, 0.5) is 4.39 Å². The predicted octanol–water partition coefficient (Wildman–Crippen LogP) is 2.99. The van der Waals surface area contributed by atoms with Crippen LogP contribution in [-0.4, -0.2) is 33.9 Å². The number of benzene rings is 3. The van der Waals surface area contributed by atoms with E-state index in [0.717, 1.165) is 29.3 Å². The Morgan fingerprint density at radius 3 is 2.24 bits per heavy atom. The number of rotatable bonds is 9. The van der Waals surface area contributed by atoms with Crippen LogP contribution < -0.4 is 10.0 Å². The molecule has 0 aliphatic heterocycles. The van der Waals surface area contributed by atoms with E-state index in [1.807, 2.05) is 60.7 Å². The van der Waals surface area contributed by atoms with Crippen molar-refractivity contribution in [3.8, 4) is 0 Å². The zero-order chi connectivity index (χ0) is 23.8. The number of amides is 1. The van der Waals surface area contributed by atoms with Gasteiger partial charge in [0.05, 0.1) is 16.5 Å². The average molecular weight is 471 g/mol. The molecule has 7 nitrogen and oxygen atoms in total. The third kappa shape index (κ3) is 6.47. The third-order valence-electron chi connectivity index (χ3n) is 4.89. The van der Waals surface area contributed by atoms with Crippen LogP contribution in [0.1, 0.15) is 27.5 Å². The number of ether oxygens (including phenoxy) is 1. The van der Waals surface area contributed by atoms with Gasteiger partial charge >= 0.3 is 5.97 Å². The van der Waals surface area contributed by atoms with Crippen molar-refractivity contribution in [1.29, 1.82) is 0 Å². The highest BCUT2D eigenvalue weighted by Gasteiger charge is 2.21. The molecule has 9 heteroatoms. The summed E-state index contributed by atoms with van der Waals surface area (Å²) in [5.41, 5.74) is 1.30. The van der Waals surface area contributed by atoms with E-state index in [4.69, 9.17) is 4.74 Å². The summed E-state index contributed by atoms with van der Waals surface area (Å²) in [6.07, 6.45) is 0.517. The lowest BCUT2D eigenvalue weighted by molar-refractivity contribution is -0.125. The lowest BCUT2D eigenvalue weighted by atomic mass is 9.99. The molecule has 3 aromatic rings. The van der Waals surface area contributed by atoms with Gasteiger partial charge in [-0.05, 0) is 42.8 Å². The fourth-order valence-electron chi connectivity index (χ4n) is 3.18. The lowest BCUT2D eigenvalue weighted by Gasteiger charge is -2.19. The summed E-state index contributed by atoms with van der Waals surface area (Å²) in [6, 6.07) is 21.3. The lowest BCUT2D eigenvalue weighted by Crippen LogP contribution is -2.33. The largest absolute Gasteiger partial charge is 0.452 e. The van der Waals surface area contributed by atoms with Crippen molar-refractivity contribution in [3.63, 3.8) is 0 Å². The van der Waals surface area contributed by atoms with Crippen LogP contribution in [0.25, 0.3) is 0 Å². The molecule has 172 valence electrons. The molecule has 0 fully saturated rings. The topological polar surface area (TPSA) is 102 Å². The van der Waals surface area contributed by atoms with Crippen molar-refractivity contribution in [2.24, 2.45) is 0 Å². The third-order valence-corrected chi connectivity index (χ3v) is 6.30. The van der Waals surface area contributed by atoms with Gasteiger partial charge in [0.1, 0.15) is 5.82 Å². The van der Waals surface area contributed by atoms with Gasteiger partial charge in [0.2, 0.25) is 10.0 Å². The summed E-state index contributed by atoms with van der Waals surface area (Å²) in [5, 5.41) is 2.83. The maximum atomic E-state index is 14.1. The molecule has 0 aromatic heterocycles. The van der Waals surface area contributed by atoms with E-state index in [2.05, 4.69) is 10.0 Å². The molecule has 1 amide bonds. The Balaban J connectivity index is 1.69. The monoisotopic (exact) mass is 470 g/mol. The number of esters is 1. The van der Waals surface area contributed by atoms with E-state index in [1.165, 1.54) is 7.05 Å². The molecule has 0 aliphatic carbocycles. The Hall–Kier alpha value is -3.56. The summed E-state index contributed by atoms with van der Waals surface area (Å²) in [6.45, 7) is -0.653. The molecule has 2 N–H and O–H groups in total. The average Bonchev–Trinajstić information content (AvgIpc) is 2.83. The standard InChI is InChI=1S/C24H23FN2O5S/c1-26-33(30,31)19-12-13-21(25)20(15-19)24(29)32-16-23(28)27-22(18-10-6-3-7-11-18)14-17-8-4-2-5-9-17/h2-13,15,22,26H,14,16H2,1H3,(H,27,28). The Morgan fingerprint density at radius 2 is 1.61 bits per heavy atom. The summed E-state index contributed by atoms with van der Waals surface area (Å²) in [5.74, 6) is -2.68. The number of carbonyl (C=O) groups is 2. The van der Waals surface area contributed by atoms with Crippen molar-refractivity contribution in [3.05, 3.63) is 101 Å². The van der Waals surface area contributed by atoms with Gasteiger partial charge < -0.3 is 10.1 Å². The maximum absolute atomic E-state index is 14.1. The highest BCUT2D eigenvalue weighted by Crippen LogP contribution is 2.19. The normalized spacial score (nSPS) is 12.1. The Kier molecular flexibility index (Phi) is 7.92. The van der Waals surface area contributed by atoms with Crippen LogP contribution in [0.3, 0.4) is 0 Å². The van der Waals surface area contributed by atoms with Gasteiger partial charge in [-0.2, -0.15) is 0 Å². The van der Waals surface area contributed by atoms with Gasteiger partial charge in [0.25, 0.3) is 5.91 Å². The minimum atomic E-state index is -3.88. The Bertz CT molecular complexity index is 1220. The second kappa shape index (κ2) is 10.8. The minimum Gasteiger partial charge on any atom is -0.452 e. The number of halogens is 1. The number of hydrogen-bond donors (Lipinski definition) is 2. The van der Waals surface area contributed by atoms with Crippen molar-refractivity contribution < 1.29 is 27.1 Å². The van der Waals surface area contributed by atoms with Gasteiger partial charge in [-0.3, -0.25) is 4.79 Å². The molecule has 3 aromatic carbocycles. The fourth-order valence-corrected chi connectivity index (χ4v) is 3.93. The van der Waals surface area contributed by atoms with E-state index in [0.29, 0.717) is 6.42 Å². The summed E-state index contributed by atoms with van der Waals surface area (Å²) >= 11 is 0. The highest BCUT2D eigenvalue weighted by molar-refractivity contribution is 7.89. The second-order valence-corrected chi connectivity index (χ2v) is 9.03. The fraction of sp³-hybridized carbons (Fsp3) is 0.167. The molecule has 1 atom stereocenters. The summed E-state index contributed by atoms with van der Waals surface area (Å²) in [4.78, 5) is 24.6. The first-order valence-electron chi connectivity index (χ1n) is 10.1. The molecule has 0 heterocycles. The first-order chi connectivity index (χ1) is 15.8. The molecule has 0 saturated carbocycles. The molecule has 1 unspecified atom stereocenters. The number of hydrogen-bond acceptors (Lipinski definition) is 5. The van der Waals surface area contributed by atoms with Crippen LogP contribution in [0.5, 0.6) is 0 Å². The van der Waals surface area contributed by atoms with Crippen molar-refractivity contribution in [1.82, 2.24) is 10.0 Å². The first-order valence-corrected chi connectivity index (χ1v) is 11.6. The second-order valence-electron chi connectivity index (χ2n) is 7.15. The van der Waals surface area contributed by atoms with Gasteiger partial charge in [0, 0.05) is 0 Å². The number of nitrogens with one attached hydrogen (secondary N) is 2. The van der Waals surface area contributed by atoms with Crippen LogP contribution >= 0.6 is 0 Å². The van der Waals surface area contributed by atoms with Gasteiger partial charge in [-0.15, -0.1) is 0 Å². The van der Waals surface area contributed by atoms with Crippen LogP contribution in [0.15, 0.2) is 83.8 Å². The van der Waals surface area contributed by atoms with Crippen LogP contribution in [0, 0.1) is 5.82 Å². The SMILES string of the molecule is CNS(=O)(=O)c1ccc(F)c(C(=O)OCC(=O)NC(Cc2ccccc2)c2ccccc2)c1. The quantitative estimate of drug-likeness (QED) is 0.468. The smallest absolute Gasteiger partial charge is 0.341 e. The van der Waals surface area contributed by atoms with Gasteiger partial charge in [-0.1, -0.05) is 60.7 Å². The molecule has 0 bridgehead atoms. The minimum absolute atomic E-state index is 0.296. The molecular formula is C24H23FN2O5S. The molecule has 0 aliphatic rings.